The lowest BCUT2D eigenvalue weighted by Gasteiger charge is -2.25. The van der Waals surface area contributed by atoms with Crippen LogP contribution in [0, 0.1) is 6.92 Å². The normalized spacial score (nSPS) is 15.8. The number of rotatable bonds is 6. The molecule has 1 atom stereocenters. The van der Waals surface area contributed by atoms with Crippen molar-refractivity contribution in [2.45, 2.75) is 58.0 Å². The number of likely N-dealkylation sites (N-methyl/N-ethyl adjacent to an activating group) is 1. The summed E-state index contributed by atoms with van der Waals surface area (Å²) in [5, 5.41) is 8.08. The Hall–Kier alpha value is -1.93. The smallest absolute Gasteiger partial charge is 0.321 e. The van der Waals surface area contributed by atoms with Crippen LogP contribution in [0.5, 0.6) is 0 Å². The number of halogens is 1. The first-order chi connectivity index (χ1) is 13.3. The van der Waals surface area contributed by atoms with Gasteiger partial charge in [0.05, 0.1) is 12.6 Å². The van der Waals surface area contributed by atoms with Gasteiger partial charge in [-0.3, -0.25) is 19.8 Å². The Morgan fingerprint density at radius 2 is 1.89 bits per heavy atom. The summed E-state index contributed by atoms with van der Waals surface area (Å²) in [6.45, 7) is 3.61. The second kappa shape index (κ2) is 10.6. The van der Waals surface area contributed by atoms with Crippen molar-refractivity contribution in [3.63, 3.8) is 0 Å². The van der Waals surface area contributed by atoms with E-state index in [2.05, 4.69) is 31.9 Å². The van der Waals surface area contributed by atoms with Crippen LogP contribution in [0.4, 0.5) is 10.5 Å². The van der Waals surface area contributed by atoms with E-state index in [4.69, 9.17) is 0 Å². The van der Waals surface area contributed by atoms with Crippen LogP contribution < -0.4 is 16.0 Å². The highest BCUT2D eigenvalue weighted by Gasteiger charge is 2.23. The predicted octanol–water partition coefficient (Wildman–Crippen LogP) is 3.17. The van der Waals surface area contributed by atoms with Crippen LogP contribution in [-0.2, 0) is 9.59 Å². The van der Waals surface area contributed by atoms with E-state index >= 15 is 0 Å². The highest BCUT2D eigenvalue weighted by molar-refractivity contribution is 9.10. The molecule has 154 valence electrons. The summed E-state index contributed by atoms with van der Waals surface area (Å²) >= 11 is 3.39. The molecule has 0 unspecified atom stereocenters. The number of benzene rings is 1. The number of carbonyl (C=O) groups is 3. The Balaban J connectivity index is 1.79. The number of hydrogen-bond donors (Lipinski definition) is 3. The van der Waals surface area contributed by atoms with Crippen LogP contribution >= 0.6 is 15.9 Å². The largest absolute Gasteiger partial charge is 0.335 e. The number of hydrogen-bond acceptors (Lipinski definition) is 4. The molecule has 0 bridgehead atoms. The van der Waals surface area contributed by atoms with Gasteiger partial charge < -0.3 is 10.6 Å². The molecule has 0 spiro atoms. The third-order valence-corrected chi connectivity index (χ3v) is 5.57. The molecule has 7 nitrogen and oxygen atoms in total. The monoisotopic (exact) mass is 452 g/mol. The number of amides is 4. The van der Waals surface area contributed by atoms with Crippen molar-refractivity contribution in [2.24, 2.45) is 0 Å². The lowest BCUT2D eigenvalue weighted by molar-refractivity contribution is -0.125. The summed E-state index contributed by atoms with van der Waals surface area (Å²) in [6, 6.07) is 4.65. The van der Waals surface area contributed by atoms with Gasteiger partial charge in [-0.05, 0) is 57.5 Å². The van der Waals surface area contributed by atoms with Gasteiger partial charge in [0.2, 0.25) is 11.8 Å². The maximum atomic E-state index is 12.3. The molecular weight excluding hydrogens is 424 g/mol. The van der Waals surface area contributed by atoms with Crippen molar-refractivity contribution < 1.29 is 14.4 Å². The van der Waals surface area contributed by atoms with Crippen LogP contribution in [0.15, 0.2) is 22.7 Å². The van der Waals surface area contributed by atoms with Crippen molar-refractivity contribution in [1.82, 2.24) is 15.5 Å². The van der Waals surface area contributed by atoms with Gasteiger partial charge in [0.15, 0.2) is 0 Å². The average Bonchev–Trinajstić information content (AvgIpc) is 2.64. The minimum Gasteiger partial charge on any atom is -0.335 e. The molecule has 2 rings (SSSR count). The molecular formula is C20H29BrN4O3. The minimum absolute atomic E-state index is 0.0360. The Morgan fingerprint density at radius 1 is 1.21 bits per heavy atom. The van der Waals surface area contributed by atoms with Crippen molar-refractivity contribution >= 4 is 39.5 Å². The summed E-state index contributed by atoms with van der Waals surface area (Å²) < 4.78 is 0.942. The molecule has 8 heteroatoms. The van der Waals surface area contributed by atoms with Crippen LogP contribution in [0.1, 0.15) is 44.6 Å². The zero-order chi connectivity index (χ0) is 20.7. The number of urea groups is 1. The van der Waals surface area contributed by atoms with E-state index in [9.17, 15) is 14.4 Å². The van der Waals surface area contributed by atoms with E-state index in [1.807, 2.05) is 25.1 Å². The van der Waals surface area contributed by atoms with E-state index < -0.39 is 18.0 Å². The summed E-state index contributed by atoms with van der Waals surface area (Å²) in [4.78, 5) is 38.3. The number of anilines is 1. The van der Waals surface area contributed by atoms with Crippen molar-refractivity contribution in [3.05, 3.63) is 28.2 Å². The van der Waals surface area contributed by atoms with Crippen LogP contribution in [0.25, 0.3) is 0 Å². The van der Waals surface area contributed by atoms with E-state index in [0.717, 1.165) is 41.4 Å². The molecule has 1 aromatic carbocycles. The van der Waals surface area contributed by atoms with Gasteiger partial charge in [-0.2, -0.15) is 0 Å². The molecule has 1 aliphatic rings. The molecule has 0 aliphatic heterocycles. The average molecular weight is 453 g/mol. The van der Waals surface area contributed by atoms with Gasteiger partial charge in [0, 0.05) is 16.2 Å². The second-order valence-electron chi connectivity index (χ2n) is 7.40. The van der Waals surface area contributed by atoms with Crippen LogP contribution in [-0.4, -0.2) is 48.4 Å². The molecule has 1 aliphatic carbocycles. The van der Waals surface area contributed by atoms with Crippen molar-refractivity contribution in [2.75, 3.05) is 18.9 Å². The summed E-state index contributed by atoms with van der Waals surface area (Å²) in [6.07, 6.45) is 5.30. The third kappa shape index (κ3) is 6.91. The zero-order valence-corrected chi connectivity index (χ0v) is 18.3. The Morgan fingerprint density at radius 3 is 2.54 bits per heavy atom. The molecule has 0 saturated heterocycles. The lowest BCUT2D eigenvalue weighted by atomic mass is 9.96. The fourth-order valence-corrected chi connectivity index (χ4v) is 3.68. The van der Waals surface area contributed by atoms with Crippen LogP contribution in [0.3, 0.4) is 0 Å². The quantitative estimate of drug-likeness (QED) is 0.617. The molecule has 1 fully saturated rings. The predicted molar refractivity (Wildman–Crippen MR) is 113 cm³/mol. The van der Waals surface area contributed by atoms with Gasteiger partial charge in [-0.1, -0.05) is 35.2 Å². The molecule has 0 heterocycles. The second-order valence-corrected chi connectivity index (χ2v) is 8.31. The highest BCUT2D eigenvalue weighted by Crippen LogP contribution is 2.20. The summed E-state index contributed by atoms with van der Waals surface area (Å²) in [5.74, 6) is -0.650. The van der Waals surface area contributed by atoms with Gasteiger partial charge in [-0.15, -0.1) is 0 Å². The molecule has 3 N–H and O–H groups in total. The van der Waals surface area contributed by atoms with E-state index in [1.165, 1.54) is 6.42 Å². The number of nitrogens with one attached hydrogen (secondary N) is 3. The number of carbonyl (C=O) groups excluding carboxylic acids is 3. The topological polar surface area (TPSA) is 90.5 Å². The zero-order valence-electron chi connectivity index (χ0n) is 16.7. The molecule has 1 saturated carbocycles. The standard InChI is InChI=1S/C20H29BrN4O3/c1-13-11-15(21)9-10-17(13)23-18(26)12-25(3)14(2)19(27)24-20(28)22-16-7-5-4-6-8-16/h9-11,14,16H,4-8,12H2,1-3H3,(H,23,26)(H2,22,24,27,28)/t14-/m0/s1. The molecule has 1 aromatic rings. The van der Waals surface area contributed by atoms with Crippen molar-refractivity contribution in [1.29, 1.82) is 0 Å². The fraction of sp³-hybridized carbons (Fsp3) is 0.550. The SMILES string of the molecule is Cc1cc(Br)ccc1NC(=O)CN(C)[C@@H](C)C(=O)NC(=O)NC1CCCCC1. The van der Waals surface area contributed by atoms with Gasteiger partial charge in [-0.25, -0.2) is 4.79 Å². The molecule has 28 heavy (non-hydrogen) atoms. The first-order valence-electron chi connectivity index (χ1n) is 9.64. The van der Waals surface area contributed by atoms with Crippen LogP contribution in [0.2, 0.25) is 0 Å². The number of aryl methyl sites for hydroxylation is 1. The first kappa shape index (κ1) is 22.4. The Kier molecular flexibility index (Phi) is 8.44. The maximum absolute atomic E-state index is 12.3. The number of nitrogens with zero attached hydrogens (tertiary/aromatic N) is 1. The summed E-state index contributed by atoms with van der Waals surface area (Å²) in [5.41, 5.74) is 1.67. The molecule has 4 amide bonds. The highest BCUT2D eigenvalue weighted by atomic mass is 79.9. The number of imide groups is 1. The Bertz CT molecular complexity index is 719. The van der Waals surface area contributed by atoms with E-state index in [0.29, 0.717) is 0 Å². The summed E-state index contributed by atoms with van der Waals surface area (Å²) in [7, 11) is 1.68. The van der Waals surface area contributed by atoms with Crippen molar-refractivity contribution in [3.8, 4) is 0 Å². The fourth-order valence-electron chi connectivity index (χ4n) is 3.21. The van der Waals surface area contributed by atoms with Gasteiger partial charge in [0.1, 0.15) is 0 Å². The molecule has 0 aromatic heterocycles. The van der Waals surface area contributed by atoms with E-state index in [-0.39, 0.29) is 18.5 Å². The van der Waals surface area contributed by atoms with Gasteiger partial charge in [0.25, 0.3) is 0 Å². The maximum Gasteiger partial charge on any atom is 0.321 e. The first-order valence-corrected chi connectivity index (χ1v) is 10.4. The van der Waals surface area contributed by atoms with E-state index in [1.54, 1.807) is 18.9 Å². The molecule has 0 radical (unpaired) electrons. The third-order valence-electron chi connectivity index (χ3n) is 5.07. The van der Waals surface area contributed by atoms with Gasteiger partial charge >= 0.3 is 6.03 Å². The Labute approximate surface area is 174 Å². The lowest BCUT2D eigenvalue weighted by Crippen LogP contribution is -2.51. The minimum atomic E-state index is -0.617.